The van der Waals surface area contributed by atoms with Gasteiger partial charge < -0.3 is 11.2 Å². The Morgan fingerprint density at radius 3 is 2.79 bits per heavy atom. The second-order valence-corrected chi connectivity index (χ2v) is 6.42. The summed E-state index contributed by atoms with van der Waals surface area (Å²) >= 11 is 1.07. The van der Waals surface area contributed by atoms with Gasteiger partial charge in [-0.25, -0.2) is 0 Å². The predicted molar refractivity (Wildman–Crippen MR) is 95.7 cm³/mol. The van der Waals surface area contributed by atoms with Crippen molar-refractivity contribution >= 4 is 23.4 Å². The number of aromatic nitrogens is 3. The van der Waals surface area contributed by atoms with Crippen LogP contribution in [-0.2, 0) is 4.79 Å². The third-order valence-electron chi connectivity index (χ3n) is 3.73. The molecule has 1 aromatic carbocycles. The maximum absolute atomic E-state index is 12.2. The number of thioether (sulfide) groups is 1. The summed E-state index contributed by atoms with van der Waals surface area (Å²) in [5, 5.41) is 10.7. The average molecular weight is 347 g/mol. The van der Waals surface area contributed by atoms with E-state index in [1.807, 2.05) is 24.3 Å². The van der Waals surface area contributed by atoms with Gasteiger partial charge in [-0.15, -0.1) is 10.2 Å². The van der Waals surface area contributed by atoms with Gasteiger partial charge in [0.05, 0.1) is 5.75 Å². The lowest BCUT2D eigenvalue weighted by Crippen LogP contribution is -2.32. The number of benzene rings is 1. The van der Waals surface area contributed by atoms with Crippen LogP contribution in [0, 0.1) is 6.92 Å². The Hall–Kier alpha value is -2.35. The highest BCUT2D eigenvalue weighted by Crippen LogP contribution is 2.26. The second kappa shape index (κ2) is 7.96. The molecule has 24 heavy (non-hydrogen) atoms. The zero-order valence-corrected chi connectivity index (χ0v) is 14.8. The second-order valence-electron chi connectivity index (χ2n) is 5.48. The summed E-state index contributed by atoms with van der Waals surface area (Å²) in [6, 6.07) is 7.74. The van der Waals surface area contributed by atoms with Gasteiger partial charge >= 0.3 is 0 Å². The van der Waals surface area contributed by atoms with Crippen molar-refractivity contribution in [3.63, 3.8) is 0 Å². The van der Waals surface area contributed by atoms with E-state index in [0.29, 0.717) is 5.92 Å². The Labute approximate surface area is 144 Å². The highest BCUT2D eigenvalue weighted by atomic mass is 32.2. The molecule has 1 heterocycles. The van der Waals surface area contributed by atoms with Crippen LogP contribution in [0.4, 0.5) is 5.69 Å². The molecule has 0 unspecified atom stereocenters. The van der Waals surface area contributed by atoms with Gasteiger partial charge in [-0.1, -0.05) is 43.8 Å². The molecule has 2 aromatic rings. The van der Waals surface area contributed by atoms with E-state index in [9.17, 15) is 9.59 Å². The lowest BCUT2D eigenvalue weighted by molar-refractivity contribution is -0.113. The number of aryl methyl sites for hydroxylation is 1. The number of nitrogens with one attached hydrogen (secondary N) is 1. The van der Waals surface area contributed by atoms with E-state index in [-0.39, 0.29) is 22.5 Å². The summed E-state index contributed by atoms with van der Waals surface area (Å²) in [7, 11) is 0. The largest absolute Gasteiger partial charge is 0.334 e. The normalized spacial score (nSPS) is 12.0. The molecule has 0 saturated heterocycles. The van der Waals surface area contributed by atoms with E-state index < -0.39 is 5.56 Å². The summed E-state index contributed by atoms with van der Waals surface area (Å²) in [5.74, 6) is 5.90. The van der Waals surface area contributed by atoms with E-state index in [1.54, 1.807) is 0 Å². The molecule has 0 bridgehead atoms. The maximum atomic E-state index is 12.2. The van der Waals surface area contributed by atoms with Crippen molar-refractivity contribution < 1.29 is 4.79 Å². The number of hydrogen-bond acceptors (Lipinski definition) is 6. The number of nitrogens with two attached hydrogens (primary N) is 1. The van der Waals surface area contributed by atoms with Crippen LogP contribution in [0.25, 0.3) is 0 Å². The number of para-hydroxylation sites is 1. The first kappa shape index (κ1) is 18.0. The molecule has 2 rings (SSSR count). The van der Waals surface area contributed by atoms with Crippen LogP contribution in [0.2, 0.25) is 0 Å². The number of anilines is 1. The molecular weight excluding hydrogens is 326 g/mol. The van der Waals surface area contributed by atoms with E-state index in [4.69, 9.17) is 5.84 Å². The van der Waals surface area contributed by atoms with Gasteiger partial charge in [-0.05, 0) is 30.9 Å². The third-order valence-corrected chi connectivity index (χ3v) is 4.67. The van der Waals surface area contributed by atoms with Crippen molar-refractivity contribution in [3.05, 3.63) is 45.9 Å². The summed E-state index contributed by atoms with van der Waals surface area (Å²) in [6.45, 7) is 5.76. The Morgan fingerprint density at radius 1 is 1.38 bits per heavy atom. The predicted octanol–water partition coefficient (Wildman–Crippen LogP) is 1.90. The molecule has 0 saturated carbocycles. The first-order chi connectivity index (χ1) is 11.4. The molecule has 0 radical (unpaired) electrons. The van der Waals surface area contributed by atoms with Gasteiger partial charge in [-0.3, -0.25) is 9.59 Å². The van der Waals surface area contributed by atoms with Crippen LogP contribution in [0.3, 0.4) is 0 Å². The van der Waals surface area contributed by atoms with E-state index in [2.05, 4.69) is 29.4 Å². The van der Waals surface area contributed by atoms with Crippen molar-refractivity contribution in [3.8, 4) is 0 Å². The molecule has 0 aliphatic rings. The van der Waals surface area contributed by atoms with Crippen LogP contribution in [0.15, 0.2) is 34.2 Å². The minimum atomic E-state index is -0.421. The number of hydrogen-bond donors (Lipinski definition) is 2. The van der Waals surface area contributed by atoms with Crippen LogP contribution >= 0.6 is 11.8 Å². The van der Waals surface area contributed by atoms with Gasteiger partial charge in [0, 0.05) is 5.69 Å². The summed E-state index contributed by atoms with van der Waals surface area (Å²) < 4.78 is 0.910. The van der Waals surface area contributed by atoms with Gasteiger partial charge in [-0.2, -0.15) is 4.68 Å². The molecule has 1 aromatic heterocycles. The van der Waals surface area contributed by atoms with E-state index in [0.717, 1.165) is 34.1 Å². The summed E-state index contributed by atoms with van der Waals surface area (Å²) in [6.07, 6.45) is 0.986. The molecule has 0 spiro atoms. The van der Waals surface area contributed by atoms with Crippen molar-refractivity contribution in [2.45, 2.75) is 38.3 Å². The van der Waals surface area contributed by atoms with Crippen LogP contribution in [-0.4, -0.2) is 26.5 Å². The minimum Gasteiger partial charge on any atom is -0.334 e. The number of rotatable bonds is 6. The number of carbonyl (C=O) groups excluding carboxylic acids is 1. The zero-order chi connectivity index (χ0) is 17.7. The molecule has 8 heteroatoms. The molecule has 128 valence electrons. The maximum Gasteiger partial charge on any atom is 0.294 e. The van der Waals surface area contributed by atoms with Crippen molar-refractivity contribution in [1.29, 1.82) is 0 Å². The van der Waals surface area contributed by atoms with Crippen LogP contribution < -0.4 is 16.7 Å². The number of carbonyl (C=O) groups is 1. The standard InChI is InChI=1S/C16H21N5O2S/c1-4-10(2)12-7-5-6-8-13(12)18-14(22)9-24-16-20-19-11(3)15(23)21(16)17/h5-8,10H,4,9,17H2,1-3H3,(H,18,22)/t10-/m0/s1. The Balaban J connectivity index is 2.05. The highest BCUT2D eigenvalue weighted by molar-refractivity contribution is 7.99. The van der Waals surface area contributed by atoms with E-state index in [1.165, 1.54) is 6.92 Å². The van der Waals surface area contributed by atoms with Crippen molar-refractivity contribution in [1.82, 2.24) is 14.9 Å². The quantitative estimate of drug-likeness (QED) is 0.611. The molecule has 0 aliphatic carbocycles. The number of amides is 1. The zero-order valence-electron chi connectivity index (χ0n) is 13.9. The number of nitrogen functional groups attached to an aromatic ring is 1. The monoisotopic (exact) mass is 347 g/mol. The molecule has 0 fully saturated rings. The lowest BCUT2D eigenvalue weighted by Gasteiger charge is -2.15. The van der Waals surface area contributed by atoms with Crippen molar-refractivity contribution in [2.24, 2.45) is 0 Å². The van der Waals surface area contributed by atoms with Crippen molar-refractivity contribution in [2.75, 3.05) is 16.9 Å². The minimum absolute atomic E-state index is 0.0865. The fourth-order valence-electron chi connectivity index (χ4n) is 2.15. The first-order valence-electron chi connectivity index (χ1n) is 7.67. The number of nitrogens with zero attached hydrogens (tertiary/aromatic N) is 3. The third kappa shape index (κ3) is 4.14. The topological polar surface area (TPSA) is 103 Å². The lowest BCUT2D eigenvalue weighted by atomic mass is 9.97. The first-order valence-corrected chi connectivity index (χ1v) is 8.65. The smallest absolute Gasteiger partial charge is 0.294 e. The highest BCUT2D eigenvalue weighted by Gasteiger charge is 2.13. The van der Waals surface area contributed by atoms with Gasteiger partial charge in [0.25, 0.3) is 5.56 Å². The molecule has 1 amide bonds. The molecule has 0 aliphatic heterocycles. The van der Waals surface area contributed by atoms with Gasteiger partial charge in [0.1, 0.15) is 5.69 Å². The molecular formula is C16H21N5O2S. The van der Waals surface area contributed by atoms with E-state index >= 15 is 0 Å². The summed E-state index contributed by atoms with van der Waals surface area (Å²) in [5.41, 5.74) is 1.70. The van der Waals surface area contributed by atoms with Gasteiger partial charge in [0.2, 0.25) is 11.1 Å². The summed E-state index contributed by atoms with van der Waals surface area (Å²) in [4.78, 5) is 23.9. The SMILES string of the molecule is CC[C@H](C)c1ccccc1NC(=O)CSc1nnc(C)c(=O)n1N. The fraction of sp³-hybridized carbons (Fsp3) is 0.375. The Bertz CT molecular complexity index is 790. The fourth-order valence-corrected chi connectivity index (χ4v) is 2.80. The molecule has 7 nitrogen and oxygen atoms in total. The Kier molecular flexibility index (Phi) is 5.97. The van der Waals surface area contributed by atoms with Gasteiger partial charge in [0.15, 0.2) is 0 Å². The van der Waals surface area contributed by atoms with Crippen LogP contribution in [0.5, 0.6) is 0 Å². The van der Waals surface area contributed by atoms with Crippen LogP contribution in [0.1, 0.15) is 37.4 Å². The molecule has 3 N–H and O–H groups in total. The average Bonchev–Trinajstić information content (AvgIpc) is 2.59. The Morgan fingerprint density at radius 2 is 2.08 bits per heavy atom. The molecule has 1 atom stereocenters.